The van der Waals surface area contributed by atoms with Crippen LogP contribution in [-0.2, 0) is 13.0 Å². The van der Waals surface area contributed by atoms with E-state index in [9.17, 15) is 19.8 Å². The lowest BCUT2D eigenvalue weighted by Gasteiger charge is -2.46. The van der Waals surface area contributed by atoms with E-state index in [0.717, 1.165) is 34.4 Å². The molecule has 1 saturated carbocycles. The van der Waals surface area contributed by atoms with E-state index in [1.165, 1.54) is 16.9 Å². The molecule has 0 saturated heterocycles. The number of nitrogens with one attached hydrogen (secondary N) is 1. The van der Waals surface area contributed by atoms with Crippen molar-refractivity contribution in [2.75, 3.05) is 19.0 Å². The number of aryl methyl sites for hydroxylation is 1. The Labute approximate surface area is 306 Å². The van der Waals surface area contributed by atoms with Gasteiger partial charge in [0.2, 0.25) is 5.78 Å². The number of thiophene rings is 1. The molecule has 268 valence electrons. The maximum atomic E-state index is 14.3. The molecule has 1 heterocycles. The van der Waals surface area contributed by atoms with Gasteiger partial charge in [0, 0.05) is 28.1 Å². The lowest BCUT2D eigenvalue weighted by atomic mass is 9.64. The molecule has 7 nitrogen and oxygen atoms in total. The Hall–Kier alpha value is -4.24. The highest BCUT2D eigenvalue weighted by atomic mass is 32.1. The zero-order valence-corrected chi connectivity index (χ0v) is 31.0. The van der Waals surface area contributed by atoms with Crippen LogP contribution in [0.1, 0.15) is 95.1 Å². The quantitative estimate of drug-likeness (QED) is 0.125. The predicted molar refractivity (Wildman–Crippen MR) is 205 cm³/mol. The number of ether oxygens (including phenoxy) is 1. The lowest BCUT2D eigenvalue weighted by molar-refractivity contribution is -0.0773. The zero-order valence-electron chi connectivity index (χ0n) is 30.2. The molecule has 2 bridgehead atoms. The molecule has 4 atom stereocenters. The monoisotopic (exact) mass is 706 g/mol. The van der Waals surface area contributed by atoms with Crippen LogP contribution in [0, 0.1) is 12.3 Å². The molecule has 3 aliphatic carbocycles. The number of allylic oxidation sites excluding steroid dienone is 2. The van der Waals surface area contributed by atoms with Gasteiger partial charge in [0.25, 0.3) is 0 Å². The Morgan fingerprint density at radius 3 is 2.45 bits per heavy atom. The summed E-state index contributed by atoms with van der Waals surface area (Å²) < 4.78 is 5.30. The summed E-state index contributed by atoms with van der Waals surface area (Å²) in [6, 6.07) is 26.7. The molecule has 8 heteroatoms. The zero-order chi connectivity index (χ0) is 36.2. The number of hydrogen-bond acceptors (Lipinski definition) is 6. The Kier molecular flexibility index (Phi) is 11.2. The molecule has 3 N–H and O–H groups in total. The van der Waals surface area contributed by atoms with Crippen LogP contribution in [-0.4, -0.2) is 52.3 Å². The summed E-state index contributed by atoms with van der Waals surface area (Å²) in [6.45, 7) is 6.71. The van der Waals surface area contributed by atoms with Crippen LogP contribution in [0.5, 0.6) is 5.75 Å². The van der Waals surface area contributed by atoms with Crippen LogP contribution >= 0.6 is 11.3 Å². The third kappa shape index (κ3) is 8.14. The van der Waals surface area contributed by atoms with E-state index >= 15 is 0 Å². The number of carbonyl (C=O) groups excluding carboxylic acids is 2. The van der Waals surface area contributed by atoms with E-state index in [1.54, 1.807) is 24.1 Å². The number of aliphatic hydroxyl groups is 2. The van der Waals surface area contributed by atoms with Gasteiger partial charge in [0.1, 0.15) is 5.75 Å². The normalized spacial score (nSPS) is 23.5. The van der Waals surface area contributed by atoms with Crippen LogP contribution in [0.15, 0.2) is 96.6 Å². The van der Waals surface area contributed by atoms with Gasteiger partial charge >= 0.3 is 6.03 Å². The molecular weight excluding hydrogens is 657 g/mol. The van der Waals surface area contributed by atoms with Crippen molar-refractivity contribution in [2.45, 2.75) is 89.9 Å². The number of methoxy groups -OCH3 is 1. The molecule has 51 heavy (non-hydrogen) atoms. The first-order chi connectivity index (χ1) is 24.5. The topological polar surface area (TPSA) is 99.1 Å². The van der Waals surface area contributed by atoms with Crippen molar-refractivity contribution < 1.29 is 24.5 Å². The number of carbonyl (C=O) groups is 2. The van der Waals surface area contributed by atoms with E-state index in [1.807, 2.05) is 73.7 Å². The summed E-state index contributed by atoms with van der Waals surface area (Å²) in [6.07, 6.45) is 6.17. The van der Waals surface area contributed by atoms with Gasteiger partial charge in [-0.15, -0.1) is 11.3 Å². The molecule has 4 aromatic rings. The smallest absolute Gasteiger partial charge is 0.322 e. The summed E-state index contributed by atoms with van der Waals surface area (Å²) in [5, 5.41) is 27.0. The van der Waals surface area contributed by atoms with Gasteiger partial charge in [-0.1, -0.05) is 61.0 Å². The highest BCUT2D eigenvalue weighted by molar-refractivity contribution is 7.14. The minimum Gasteiger partial charge on any atom is -0.497 e. The van der Waals surface area contributed by atoms with E-state index in [2.05, 4.69) is 31.3 Å². The minimum atomic E-state index is -1.25. The van der Waals surface area contributed by atoms with E-state index in [0.29, 0.717) is 60.5 Å². The van der Waals surface area contributed by atoms with E-state index in [-0.39, 0.29) is 24.3 Å². The van der Waals surface area contributed by atoms with Gasteiger partial charge in [-0.3, -0.25) is 4.79 Å². The number of fused-ring (bicyclic) bond motifs is 8. The fourth-order valence-corrected chi connectivity index (χ4v) is 8.90. The van der Waals surface area contributed by atoms with Crippen molar-refractivity contribution in [3.05, 3.63) is 129 Å². The predicted octanol–water partition coefficient (Wildman–Crippen LogP) is 9.07. The number of urea groups is 1. The number of ketones is 1. The second-order valence-electron chi connectivity index (χ2n) is 14.7. The molecule has 0 radical (unpaired) electrons. The van der Waals surface area contributed by atoms with Crippen molar-refractivity contribution in [3.63, 3.8) is 0 Å². The van der Waals surface area contributed by atoms with E-state index in [4.69, 9.17) is 4.74 Å². The fraction of sp³-hybridized carbons (Fsp3) is 0.395. The SMILES string of the molecule is COc1ccc(NC(=O)N(Cc2ccccc2)C[C@]2(O)CC[C@H]3c4ccc(cc4C(=O)c4ccc(C)s4)C[C@@H](O)CCC(C)=CCC[C@@]32C)cc1. The summed E-state index contributed by atoms with van der Waals surface area (Å²) in [4.78, 5) is 31.9. The maximum absolute atomic E-state index is 14.3. The number of hydrogen-bond donors (Lipinski definition) is 3. The van der Waals surface area contributed by atoms with Crippen LogP contribution < -0.4 is 10.1 Å². The number of rotatable bonds is 8. The molecule has 1 aromatic heterocycles. The van der Waals surface area contributed by atoms with Crippen molar-refractivity contribution in [1.29, 1.82) is 0 Å². The largest absolute Gasteiger partial charge is 0.497 e. The number of nitrogens with zero attached hydrogens (tertiary/aromatic N) is 1. The molecule has 0 spiro atoms. The number of amides is 2. The minimum absolute atomic E-state index is 0.0235. The Morgan fingerprint density at radius 2 is 1.75 bits per heavy atom. The summed E-state index contributed by atoms with van der Waals surface area (Å²) >= 11 is 1.49. The molecular formula is C43H50N2O5S. The molecule has 2 amide bonds. The lowest BCUT2D eigenvalue weighted by Crippen LogP contribution is -2.54. The first kappa shape index (κ1) is 36.5. The fourth-order valence-electron chi connectivity index (χ4n) is 8.08. The first-order valence-corrected chi connectivity index (χ1v) is 18.8. The molecule has 7 rings (SSSR count). The molecule has 3 aromatic carbocycles. The first-order valence-electron chi connectivity index (χ1n) is 18.0. The Bertz CT molecular complexity index is 1870. The van der Waals surface area contributed by atoms with Crippen LogP contribution in [0.25, 0.3) is 0 Å². The average molecular weight is 707 g/mol. The van der Waals surface area contributed by atoms with Gasteiger partial charge in [-0.25, -0.2) is 4.79 Å². The standard InChI is InChI=1S/C43H50N2O5S/c1-29-9-8-23-42(3)38(36-20-14-32(25-34(46)17-12-29)26-37(36)40(47)39-21-13-30(2)51-39)22-24-43(42,49)28-45(27-31-10-6-5-7-11-31)41(48)44-33-15-18-35(50-4)19-16-33/h5-7,9-11,13-16,18-21,26,34,38,46,49H,8,12,17,22-25,27-28H2,1-4H3,(H,44,48)/t34-,38-,42-,43+/m0/s1. The third-order valence-corrected chi connectivity index (χ3v) is 12.2. The number of benzene rings is 3. The highest BCUT2D eigenvalue weighted by Gasteiger charge is 2.57. The van der Waals surface area contributed by atoms with Crippen molar-refractivity contribution in [2.24, 2.45) is 5.41 Å². The Morgan fingerprint density at radius 1 is 0.980 bits per heavy atom. The average Bonchev–Trinajstić information content (AvgIpc) is 3.67. The van der Waals surface area contributed by atoms with E-state index < -0.39 is 17.1 Å². The second kappa shape index (κ2) is 15.6. The van der Waals surface area contributed by atoms with Gasteiger partial charge in [0.15, 0.2) is 0 Å². The van der Waals surface area contributed by atoms with Gasteiger partial charge in [0.05, 0.1) is 30.2 Å². The maximum Gasteiger partial charge on any atom is 0.322 e. The van der Waals surface area contributed by atoms with Gasteiger partial charge < -0.3 is 25.2 Å². The third-order valence-electron chi connectivity index (χ3n) is 11.2. The molecule has 0 unspecified atom stereocenters. The van der Waals surface area contributed by atoms with Gasteiger partial charge in [-0.2, -0.15) is 0 Å². The second-order valence-corrected chi connectivity index (χ2v) is 16.0. The van der Waals surface area contributed by atoms with Crippen LogP contribution in [0.2, 0.25) is 0 Å². The molecule has 1 fully saturated rings. The number of aliphatic hydroxyl groups excluding tert-OH is 1. The van der Waals surface area contributed by atoms with Crippen molar-refractivity contribution in [1.82, 2.24) is 4.90 Å². The molecule has 3 aliphatic rings. The van der Waals surface area contributed by atoms with Crippen LogP contribution in [0.3, 0.4) is 0 Å². The number of anilines is 1. The van der Waals surface area contributed by atoms with Crippen molar-refractivity contribution in [3.8, 4) is 5.75 Å². The summed E-state index contributed by atoms with van der Waals surface area (Å²) in [5.74, 6) is 0.536. The Balaban J connectivity index is 1.40. The van der Waals surface area contributed by atoms with Gasteiger partial charge in [-0.05, 0) is 124 Å². The molecule has 0 aliphatic heterocycles. The highest BCUT2D eigenvalue weighted by Crippen LogP contribution is 2.59. The van der Waals surface area contributed by atoms with Crippen LogP contribution in [0.4, 0.5) is 10.5 Å². The summed E-state index contributed by atoms with van der Waals surface area (Å²) in [7, 11) is 1.61. The summed E-state index contributed by atoms with van der Waals surface area (Å²) in [5.41, 5.74) is 3.39. The van der Waals surface area contributed by atoms with Crippen molar-refractivity contribution >= 4 is 28.8 Å².